The summed E-state index contributed by atoms with van der Waals surface area (Å²) in [5, 5.41) is 0. The topological polar surface area (TPSA) is 57.7 Å². The highest BCUT2D eigenvalue weighted by molar-refractivity contribution is 6.22. The number of fused-ring (bicyclic) bond motifs is 1. The van der Waals surface area contributed by atoms with Crippen molar-refractivity contribution in [2.24, 2.45) is 0 Å². The van der Waals surface area contributed by atoms with Gasteiger partial charge < -0.3 is 0 Å². The summed E-state index contributed by atoms with van der Waals surface area (Å²) in [6.45, 7) is 0. The van der Waals surface area contributed by atoms with E-state index >= 15 is 0 Å². The molecule has 0 N–H and O–H groups in total. The molecule has 3 amide bonds. The van der Waals surface area contributed by atoms with Gasteiger partial charge in [0.05, 0.1) is 11.1 Å². The summed E-state index contributed by atoms with van der Waals surface area (Å²) in [6.07, 6.45) is 8.10. The van der Waals surface area contributed by atoms with Crippen LogP contribution in [0.1, 0.15) is 32.7 Å². The van der Waals surface area contributed by atoms with Crippen LogP contribution < -0.4 is 0 Å². The standard InChI is InChI=1S/C22H18N2O3/c25-20-17-11-5-6-12-18(17)21(26)24(20)19(15-16-9-3-1-4-10-16)22(27)23-13-7-2-8-14-23/h1,3-14,19H,2,15H2/t19-/m0/s1. The van der Waals surface area contributed by atoms with Gasteiger partial charge in [-0.05, 0) is 24.1 Å². The van der Waals surface area contributed by atoms with Crippen molar-refractivity contribution >= 4 is 17.7 Å². The minimum Gasteiger partial charge on any atom is -0.293 e. The van der Waals surface area contributed by atoms with E-state index in [2.05, 4.69) is 0 Å². The van der Waals surface area contributed by atoms with Gasteiger partial charge >= 0.3 is 0 Å². The Morgan fingerprint density at radius 2 is 1.41 bits per heavy atom. The second-order valence-corrected chi connectivity index (χ2v) is 6.48. The van der Waals surface area contributed by atoms with Crippen LogP contribution in [0.25, 0.3) is 0 Å². The van der Waals surface area contributed by atoms with Crippen molar-refractivity contribution in [1.29, 1.82) is 0 Å². The highest BCUT2D eigenvalue weighted by Crippen LogP contribution is 2.27. The molecule has 2 aliphatic heterocycles. The van der Waals surface area contributed by atoms with Crippen LogP contribution in [0.2, 0.25) is 0 Å². The Morgan fingerprint density at radius 3 is 2.00 bits per heavy atom. The quantitative estimate of drug-likeness (QED) is 0.789. The smallest absolute Gasteiger partial charge is 0.262 e. The van der Waals surface area contributed by atoms with Crippen molar-refractivity contribution in [3.8, 4) is 0 Å². The molecule has 5 heteroatoms. The van der Waals surface area contributed by atoms with E-state index in [0.717, 1.165) is 16.9 Å². The summed E-state index contributed by atoms with van der Waals surface area (Å²) < 4.78 is 0. The fourth-order valence-electron chi connectivity index (χ4n) is 3.41. The zero-order valence-electron chi connectivity index (χ0n) is 14.6. The number of rotatable bonds is 4. The Labute approximate surface area is 157 Å². The molecule has 2 aromatic rings. The number of benzene rings is 2. The molecular weight excluding hydrogens is 340 g/mol. The normalized spacial score (nSPS) is 16.6. The molecule has 0 unspecified atom stereocenters. The lowest BCUT2D eigenvalue weighted by atomic mass is 10.0. The van der Waals surface area contributed by atoms with E-state index in [1.54, 1.807) is 36.7 Å². The van der Waals surface area contributed by atoms with Gasteiger partial charge in [-0.25, -0.2) is 0 Å². The van der Waals surface area contributed by atoms with Crippen LogP contribution in [-0.2, 0) is 11.2 Å². The van der Waals surface area contributed by atoms with Gasteiger partial charge in [-0.3, -0.25) is 24.2 Å². The molecule has 0 aromatic heterocycles. The van der Waals surface area contributed by atoms with Crippen LogP contribution in [0.15, 0.2) is 79.1 Å². The molecular formula is C22H18N2O3. The fraction of sp³-hybridized carbons (Fsp3) is 0.136. The third-order valence-electron chi connectivity index (χ3n) is 4.75. The summed E-state index contributed by atoms with van der Waals surface area (Å²) in [5.41, 5.74) is 1.58. The van der Waals surface area contributed by atoms with Crippen molar-refractivity contribution < 1.29 is 14.4 Å². The minimum atomic E-state index is -0.910. The van der Waals surface area contributed by atoms with Gasteiger partial charge in [-0.15, -0.1) is 0 Å². The molecule has 0 aliphatic carbocycles. The molecule has 0 saturated carbocycles. The van der Waals surface area contributed by atoms with Crippen LogP contribution in [-0.4, -0.2) is 33.6 Å². The first-order valence-corrected chi connectivity index (χ1v) is 8.83. The lowest BCUT2D eigenvalue weighted by molar-refractivity contribution is -0.130. The van der Waals surface area contributed by atoms with Gasteiger partial charge in [-0.1, -0.05) is 54.6 Å². The number of imide groups is 1. The van der Waals surface area contributed by atoms with E-state index in [-0.39, 0.29) is 12.3 Å². The summed E-state index contributed by atoms with van der Waals surface area (Å²) in [5.74, 6) is -1.15. The average molecular weight is 358 g/mol. The zero-order valence-corrected chi connectivity index (χ0v) is 14.6. The van der Waals surface area contributed by atoms with Gasteiger partial charge in [0.1, 0.15) is 6.04 Å². The molecule has 2 aromatic carbocycles. The second kappa shape index (κ2) is 7.03. The van der Waals surface area contributed by atoms with Crippen molar-refractivity contribution in [1.82, 2.24) is 9.80 Å². The summed E-state index contributed by atoms with van der Waals surface area (Å²) in [4.78, 5) is 41.6. The first-order valence-electron chi connectivity index (χ1n) is 8.83. The maximum Gasteiger partial charge on any atom is 0.262 e. The van der Waals surface area contributed by atoms with Gasteiger partial charge in [0.15, 0.2) is 0 Å². The summed E-state index contributed by atoms with van der Waals surface area (Å²) >= 11 is 0. The molecule has 0 radical (unpaired) electrons. The molecule has 0 bridgehead atoms. The molecule has 0 fully saturated rings. The minimum absolute atomic E-state index is 0.267. The number of carbonyl (C=O) groups excluding carboxylic acids is 3. The number of amides is 3. The van der Waals surface area contributed by atoms with Gasteiger partial charge in [0.2, 0.25) is 0 Å². The number of hydrogen-bond acceptors (Lipinski definition) is 3. The summed E-state index contributed by atoms with van der Waals surface area (Å²) in [6, 6.07) is 15.2. The maximum atomic E-state index is 13.2. The lowest BCUT2D eigenvalue weighted by Gasteiger charge is -2.29. The van der Waals surface area contributed by atoms with Crippen molar-refractivity contribution in [3.63, 3.8) is 0 Å². The van der Waals surface area contributed by atoms with E-state index in [9.17, 15) is 14.4 Å². The van der Waals surface area contributed by atoms with E-state index in [1.165, 1.54) is 4.90 Å². The summed E-state index contributed by atoms with van der Waals surface area (Å²) in [7, 11) is 0. The average Bonchev–Trinajstić information content (AvgIpc) is 2.98. The first kappa shape index (κ1) is 17.0. The zero-order chi connectivity index (χ0) is 18.8. The predicted octanol–water partition coefficient (Wildman–Crippen LogP) is 3.15. The largest absolute Gasteiger partial charge is 0.293 e. The van der Waals surface area contributed by atoms with Crippen LogP contribution in [0.5, 0.6) is 0 Å². The fourth-order valence-corrected chi connectivity index (χ4v) is 3.41. The Balaban J connectivity index is 1.72. The highest BCUT2D eigenvalue weighted by Gasteiger charge is 2.43. The Morgan fingerprint density at radius 1 is 0.852 bits per heavy atom. The van der Waals surface area contributed by atoms with Gasteiger partial charge in [0.25, 0.3) is 17.7 Å². The monoisotopic (exact) mass is 358 g/mol. The van der Waals surface area contributed by atoms with Crippen molar-refractivity contribution in [2.45, 2.75) is 18.9 Å². The third-order valence-corrected chi connectivity index (χ3v) is 4.75. The second-order valence-electron chi connectivity index (χ2n) is 6.48. The molecule has 5 nitrogen and oxygen atoms in total. The van der Waals surface area contributed by atoms with Crippen molar-refractivity contribution in [3.05, 3.63) is 95.8 Å². The maximum absolute atomic E-state index is 13.2. The molecule has 2 aliphatic rings. The van der Waals surface area contributed by atoms with E-state index < -0.39 is 17.9 Å². The number of carbonyl (C=O) groups is 3. The van der Waals surface area contributed by atoms with Crippen LogP contribution in [0, 0.1) is 0 Å². The number of hydrogen-bond donors (Lipinski definition) is 0. The SMILES string of the molecule is O=C([C@H](Cc1ccccc1)N1C(=O)c2ccccc2C1=O)N1C=CCC=C1. The molecule has 134 valence electrons. The molecule has 27 heavy (non-hydrogen) atoms. The third kappa shape index (κ3) is 3.08. The Bertz CT molecular complexity index is 916. The number of nitrogens with zero attached hydrogens (tertiary/aromatic N) is 2. The van der Waals surface area contributed by atoms with E-state index in [1.807, 2.05) is 42.5 Å². The van der Waals surface area contributed by atoms with Gasteiger partial charge in [-0.2, -0.15) is 0 Å². The highest BCUT2D eigenvalue weighted by atomic mass is 16.2. The lowest BCUT2D eigenvalue weighted by Crippen LogP contribution is -2.50. The Hall–Kier alpha value is -3.47. The molecule has 2 heterocycles. The Kier molecular flexibility index (Phi) is 4.42. The molecule has 0 saturated heterocycles. The molecule has 4 rings (SSSR count). The van der Waals surface area contributed by atoms with Crippen molar-refractivity contribution in [2.75, 3.05) is 0 Å². The van der Waals surface area contributed by atoms with E-state index in [0.29, 0.717) is 11.1 Å². The molecule has 1 atom stereocenters. The first-order chi connectivity index (χ1) is 13.2. The van der Waals surface area contributed by atoms with Crippen LogP contribution in [0.3, 0.4) is 0 Å². The number of allylic oxidation sites excluding steroid dienone is 2. The van der Waals surface area contributed by atoms with Crippen LogP contribution >= 0.6 is 0 Å². The van der Waals surface area contributed by atoms with E-state index in [4.69, 9.17) is 0 Å². The molecule has 0 spiro atoms. The van der Waals surface area contributed by atoms with Gasteiger partial charge in [0, 0.05) is 18.8 Å². The predicted molar refractivity (Wildman–Crippen MR) is 101 cm³/mol. The van der Waals surface area contributed by atoms with Crippen LogP contribution in [0.4, 0.5) is 0 Å².